The smallest absolute Gasteiger partial charge is 0.337 e. The highest BCUT2D eigenvalue weighted by Gasteiger charge is 2.27. The molecule has 0 saturated carbocycles. The maximum atomic E-state index is 11.7. The minimum absolute atomic E-state index is 0.0471. The number of anilines is 2. The van der Waals surface area contributed by atoms with E-state index in [-0.39, 0.29) is 11.9 Å². The van der Waals surface area contributed by atoms with Gasteiger partial charge in [0.25, 0.3) is 0 Å². The highest BCUT2D eigenvalue weighted by molar-refractivity contribution is 5.93. The monoisotopic (exact) mass is 263 g/mol. The van der Waals surface area contributed by atoms with Gasteiger partial charge in [-0.15, -0.1) is 0 Å². The first-order chi connectivity index (χ1) is 9.04. The second kappa shape index (κ2) is 5.17. The minimum atomic E-state index is -0.421. The summed E-state index contributed by atoms with van der Waals surface area (Å²) < 4.78 is 4.69. The van der Waals surface area contributed by atoms with Crippen LogP contribution in [0.4, 0.5) is 11.4 Å². The zero-order chi connectivity index (χ0) is 14.0. The SMILES string of the molecule is COC(=O)c1ccc(N)c(N2CCNC(=O)C2C)c1. The molecule has 6 nitrogen and oxygen atoms in total. The molecule has 1 aliphatic rings. The van der Waals surface area contributed by atoms with Crippen LogP contribution in [-0.2, 0) is 9.53 Å². The van der Waals surface area contributed by atoms with Crippen molar-refractivity contribution in [1.82, 2.24) is 5.32 Å². The average molecular weight is 263 g/mol. The van der Waals surface area contributed by atoms with Gasteiger partial charge in [0.05, 0.1) is 24.0 Å². The van der Waals surface area contributed by atoms with Gasteiger partial charge in [-0.2, -0.15) is 0 Å². The Labute approximate surface area is 111 Å². The average Bonchev–Trinajstić information content (AvgIpc) is 2.42. The number of amides is 1. The fourth-order valence-electron chi connectivity index (χ4n) is 2.15. The van der Waals surface area contributed by atoms with Crippen molar-refractivity contribution in [3.05, 3.63) is 23.8 Å². The number of nitrogens with two attached hydrogens (primary N) is 1. The summed E-state index contributed by atoms with van der Waals surface area (Å²) in [5, 5.41) is 2.79. The van der Waals surface area contributed by atoms with Crippen LogP contribution in [0.25, 0.3) is 0 Å². The second-order valence-electron chi connectivity index (χ2n) is 4.43. The number of methoxy groups -OCH3 is 1. The number of nitrogens with one attached hydrogen (secondary N) is 1. The number of nitrogen functional groups attached to an aromatic ring is 1. The van der Waals surface area contributed by atoms with Crippen LogP contribution in [0.15, 0.2) is 18.2 Å². The number of carbonyl (C=O) groups is 2. The Morgan fingerprint density at radius 1 is 1.53 bits per heavy atom. The quantitative estimate of drug-likeness (QED) is 0.595. The van der Waals surface area contributed by atoms with Gasteiger partial charge in [0.1, 0.15) is 6.04 Å². The van der Waals surface area contributed by atoms with Crippen LogP contribution in [0.5, 0.6) is 0 Å². The molecule has 19 heavy (non-hydrogen) atoms. The largest absolute Gasteiger partial charge is 0.465 e. The van der Waals surface area contributed by atoms with Gasteiger partial charge in [0, 0.05) is 13.1 Å². The van der Waals surface area contributed by atoms with Crippen molar-refractivity contribution in [1.29, 1.82) is 0 Å². The van der Waals surface area contributed by atoms with Crippen LogP contribution >= 0.6 is 0 Å². The number of rotatable bonds is 2. The molecule has 1 aliphatic heterocycles. The Morgan fingerprint density at radius 2 is 2.26 bits per heavy atom. The molecule has 1 unspecified atom stereocenters. The van der Waals surface area contributed by atoms with Crippen LogP contribution < -0.4 is 16.0 Å². The molecule has 6 heteroatoms. The summed E-state index contributed by atoms with van der Waals surface area (Å²) in [6.45, 7) is 3.02. The summed E-state index contributed by atoms with van der Waals surface area (Å²) in [5.74, 6) is -0.468. The molecular formula is C13H17N3O3. The van der Waals surface area contributed by atoms with Crippen LogP contribution in [0.3, 0.4) is 0 Å². The minimum Gasteiger partial charge on any atom is -0.465 e. The van der Waals surface area contributed by atoms with Crippen LogP contribution in [0.2, 0.25) is 0 Å². The van der Waals surface area contributed by atoms with E-state index in [2.05, 4.69) is 10.1 Å². The van der Waals surface area contributed by atoms with Crippen LogP contribution in [0.1, 0.15) is 17.3 Å². The molecule has 1 aromatic rings. The molecule has 0 spiro atoms. The van der Waals surface area contributed by atoms with Crippen molar-refractivity contribution >= 4 is 23.3 Å². The molecule has 0 aliphatic carbocycles. The number of hydrogen-bond acceptors (Lipinski definition) is 5. The van der Waals surface area contributed by atoms with E-state index in [0.29, 0.717) is 30.0 Å². The molecule has 1 heterocycles. The Morgan fingerprint density at radius 3 is 2.95 bits per heavy atom. The zero-order valence-corrected chi connectivity index (χ0v) is 11.0. The lowest BCUT2D eigenvalue weighted by molar-refractivity contribution is -0.122. The molecule has 3 N–H and O–H groups in total. The first-order valence-corrected chi connectivity index (χ1v) is 6.06. The van der Waals surface area contributed by atoms with E-state index in [4.69, 9.17) is 5.73 Å². The van der Waals surface area contributed by atoms with Gasteiger partial charge in [-0.25, -0.2) is 4.79 Å². The fraction of sp³-hybridized carbons (Fsp3) is 0.385. The number of benzene rings is 1. The third-order valence-corrected chi connectivity index (χ3v) is 3.26. The number of esters is 1. The van der Waals surface area contributed by atoms with Gasteiger partial charge < -0.3 is 20.7 Å². The maximum Gasteiger partial charge on any atom is 0.337 e. The van der Waals surface area contributed by atoms with Crippen LogP contribution in [-0.4, -0.2) is 38.1 Å². The molecule has 1 fully saturated rings. The third-order valence-electron chi connectivity index (χ3n) is 3.26. The molecule has 0 bridgehead atoms. The topological polar surface area (TPSA) is 84.7 Å². The Bertz CT molecular complexity index is 516. The lowest BCUT2D eigenvalue weighted by Crippen LogP contribution is -2.54. The number of carbonyl (C=O) groups excluding carboxylic acids is 2. The van der Waals surface area contributed by atoms with E-state index in [1.54, 1.807) is 25.1 Å². The van der Waals surface area contributed by atoms with Crippen molar-refractivity contribution in [2.24, 2.45) is 0 Å². The van der Waals surface area contributed by atoms with Gasteiger partial charge in [-0.05, 0) is 25.1 Å². The molecule has 102 valence electrons. The molecular weight excluding hydrogens is 246 g/mol. The number of ether oxygens (including phenoxy) is 1. The predicted octanol–water partition coefficient (Wildman–Crippen LogP) is 0.380. The molecule has 2 rings (SSSR count). The fourth-order valence-corrected chi connectivity index (χ4v) is 2.15. The highest BCUT2D eigenvalue weighted by Crippen LogP contribution is 2.27. The molecule has 1 saturated heterocycles. The summed E-state index contributed by atoms with van der Waals surface area (Å²) in [6, 6.07) is 4.61. The van der Waals surface area contributed by atoms with Gasteiger partial charge in [-0.3, -0.25) is 4.79 Å². The normalized spacial score (nSPS) is 18.9. The first kappa shape index (κ1) is 13.2. The predicted molar refractivity (Wildman–Crippen MR) is 72.0 cm³/mol. The van der Waals surface area contributed by atoms with E-state index in [1.165, 1.54) is 7.11 Å². The second-order valence-corrected chi connectivity index (χ2v) is 4.43. The Balaban J connectivity index is 2.37. The van der Waals surface area contributed by atoms with Crippen molar-refractivity contribution in [2.45, 2.75) is 13.0 Å². The van der Waals surface area contributed by atoms with E-state index in [1.807, 2.05) is 4.90 Å². The van der Waals surface area contributed by atoms with Gasteiger partial charge in [0.15, 0.2) is 0 Å². The molecule has 0 aromatic heterocycles. The Hall–Kier alpha value is -2.24. The van der Waals surface area contributed by atoms with Crippen molar-refractivity contribution in [3.63, 3.8) is 0 Å². The maximum absolute atomic E-state index is 11.7. The number of nitrogens with zero attached hydrogens (tertiary/aromatic N) is 1. The molecule has 1 aromatic carbocycles. The van der Waals surface area contributed by atoms with E-state index in [0.717, 1.165) is 0 Å². The molecule has 1 amide bonds. The van der Waals surface area contributed by atoms with Crippen molar-refractivity contribution < 1.29 is 14.3 Å². The van der Waals surface area contributed by atoms with Crippen molar-refractivity contribution in [3.8, 4) is 0 Å². The number of hydrogen-bond donors (Lipinski definition) is 2. The summed E-state index contributed by atoms with van der Waals surface area (Å²) in [4.78, 5) is 25.1. The zero-order valence-electron chi connectivity index (χ0n) is 11.0. The third kappa shape index (κ3) is 2.47. The van der Waals surface area contributed by atoms with Crippen molar-refractivity contribution in [2.75, 3.05) is 30.8 Å². The summed E-state index contributed by atoms with van der Waals surface area (Å²) in [7, 11) is 1.33. The first-order valence-electron chi connectivity index (χ1n) is 6.06. The van der Waals surface area contributed by atoms with E-state index < -0.39 is 5.97 Å². The molecule has 0 radical (unpaired) electrons. The number of piperazine rings is 1. The Kier molecular flexibility index (Phi) is 3.59. The summed E-state index contributed by atoms with van der Waals surface area (Å²) >= 11 is 0. The van der Waals surface area contributed by atoms with Gasteiger partial charge in [-0.1, -0.05) is 0 Å². The standard InChI is InChI=1S/C13H17N3O3/c1-8-12(17)15-5-6-16(8)11-7-9(13(18)19-2)3-4-10(11)14/h3-4,7-8H,5-6,14H2,1-2H3,(H,15,17). The lowest BCUT2D eigenvalue weighted by Gasteiger charge is -2.35. The van der Waals surface area contributed by atoms with Gasteiger partial charge >= 0.3 is 5.97 Å². The van der Waals surface area contributed by atoms with E-state index >= 15 is 0 Å². The summed E-state index contributed by atoms with van der Waals surface area (Å²) in [6.07, 6.45) is 0. The van der Waals surface area contributed by atoms with Crippen LogP contribution in [0, 0.1) is 0 Å². The molecule has 1 atom stereocenters. The highest BCUT2D eigenvalue weighted by atomic mass is 16.5. The summed E-state index contributed by atoms with van der Waals surface area (Å²) in [5.41, 5.74) is 7.59. The lowest BCUT2D eigenvalue weighted by atomic mass is 10.1. The van der Waals surface area contributed by atoms with Gasteiger partial charge in [0.2, 0.25) is 5.91 Å². The van der Waals surface area contributed by atoms with E-state index in [9.17, 15) is 9.59 Å².